The summed E-state index contributed by atoms with van der Waals surface area (Å²) < 4.78 is 11.4. The van der Waals surface area contributed by atoms with Gasteiger partial charge in [0, 0.05) is 24.9 Å². The number of thiazole rings is 1. The third-order valence-corrected chi connectivity index (χ3v) is 7.23. The van der Waals surface area contributed by atoms with Crippen LogP contribution >= 0.6 is 11.3 Å². The summed E-state index contributed by atoms with van der Waals surface area (Å²) in [5, 5.41) is 11.4. The highest BCUT2D eigenvalue weighted by atomic mass is 32.1. The Balaban J connectivity index is 1.90. The van der Waals surface area contributed by atoms with Crippen LogP contribution in [0.3, 0.4) is 0 Å². The second kappa shape index (κ2) is 10.9. The molecular formula is C27H27N3O6S. The van der Waals surface area contributed by atoms with Crippen LogP contribution in [0.1, 0.15) is 59.2 Å². The zero-order valence-corrected chi connectivity index (χ0v) is 21.8. The first-order valence-corrected chi connectivity index (χ1v) is 12.6. The number of carbonyl (C=O) groups excluding carboxylic acids is 3. The fraction of sp³-hybridized carbons (Fsp3) is 0.296. The van der Waals surface area contributed by atoms with E-state index in [1.807, 2.05) is 0 Å². The van der Waals surface area contributed by atoms with Crippen molar-refractivity contribution in [2.75, 3.05) is 18.6 Å². The molecule has 1 amide bonds. The van der Waals surface area contributed by atoms with Gasteiger partial charge in [-0.25, -0.2) is 4.98 Å². The molecule has 1 fully saturated rings. The van der Waals surface area contributed by atoms with Crippen molar-refractivity contribution in [2.24, 2.45) is 0 Å². The number of aliphatic hydroxyl groups excluding tert-OH is 1. The Bertz CT molecular complexity index is 1380. The molecule has 37 heavy (non-hydrogen) atoms. The number of pyridine rings is 1. The molecule has 192 valence electrons. The van der Waals surface area contributed by atoms with Crippen LogP contribution in [0.25, 0.3) is 5.76 Å². The van der Waals surface area contributed by atoms with E-state index in [-0.39, 0.29) is 22.2 Å². The molecule has 0 radical (unpaired) electrons. The number of amides is 1. The van der Waals surface area contributed by atoms with Crippen LogP contribution in [0.4, 0.5) is 5.13 Å². The number of aryl methyl sites for hydroxylation is 1. The summed E-state index contributed by atoms with van der Waals surface area (Å²) in [4.78, 5) is 48.8. The Morgan fingerprint density at radius 2 is 1.89 bits per heavy atom. The molecule has 2 aromatic heterocycles. The minimum Gasteiger partial charge on any atom is -0.507 e. The number of aliphatic hydroxyl groups is 1. The minimum absolute atomic E-state index is 0.102. The van der Waals surface area contributed by atoms with Crippen LogP contribution in [0, 0.1) is 6.92 Å². The van der Waals surface area contributed by atoms with Crippen molar-refractivity contribution in [1.29, 1.82) is 0 Å². The highest BCUT2D eigenvalue weighted by Crippen LogP contribution is 2.45. The maximum atomic E-state index is 13.4. The number of anilines is 1. The van der Waals surface area contributed by atoms with E-state index < -0.39 is 17.7 Å². The van der Waals surface area contributed by atoms with E-state index >= 15 is 0 Å². The average Bonchev–Trinajstić information content (AvgIpc) is 3.41. The van der Waals surface area contributed by atoms with Gasteiger partial charge in [-0.05, 0) is 43.2 Å². The Morgan fingerprint density at radius 1 is 1.16 bits per heavy atom. The third kappa shape index (κ3) is 4.97. The first-order chi connectivity index (χ1) is 17.8. The number of Topliss-reactive ketones (excluding diaryl/α,β-unsaturated/α-hetero) is 2. The van der Waals surface area contributed by atoms with Gasteiger partial charge in [0.15, 0.2) is 22.4 Å². The van der Waals surface area contributed by atoms with Gasteiger partial charge in [-0.2, -0.15) is 0 Å². The zero-order valence-electron chi connectivity index (χ0n) is 21.0. The molecule has 9 nitrogen and oxygen atoms in total. The summed E-state index contributed by atoms with van der Waals surface area (Å²) in [6.45, 7) is 5.67. The summed E-state index contributed by atoms with van der Waals surface area (Å²) in [5.74, 6) is -1.31. The van der Waals surface area contributed by atoms with Gasteiger partial charge >= 0.3 is 5.91 Å². The lowest BCUT2D eigenvalue weighted by atomic mass is 9.95. The van der Waals surface area contributed by atoms with Crippen LogP contribution in [-0.4, -0.2) is 46.3 Å². The van der Waals surface area contributed by atoms with Gasteiger partial charge in [-0.15, -0.1) is 0 Å². The largest absolute Gasteiger partial charge is 0.507 e. The minimum atomic E-state index is -1.02. The number of hydrogen-bond donors (Lipinski definition) is 1. The molecule has 0 bridgehead atoms. The third-order valence-electron chi connectivity index (χ3n) is 5.97. The normalized spacial score (nSPS) is 16.8. The first-order valence-electron chi connectivity index (χ1n) is 11.8. The summed E-state index contributed by atoms with van der Waals surface area (Å²) in [6.07, 6.45) is 4.81. The van der Waals surface area contributed by atoms with Crippen molar-refractivity contribution in [2.45, 2.75) is 39.7 Å². The Kier molecular flexibility index (Phi) is 7.68. The number of ether oxygens (including phenoxy) is 2. The SMILES string of the molecule is CCCCOc1ccc(C2/C(=C(\O)c3ccncc3)C(=O)C(=O)N2c2nc(C)c(C(C)=O)s2)cc1OC. The van der Waals surface area contributed by atoms with Crippen molar-refractivity contribution in [3.8, 4) is 11.5 Å². The monoisotopic (exact) mass is 521 g/mol. The fourth-order valence-electron chi connectivity index (χ4n) is 4.12. The van der Waals surface area contributed by atoms with E-state index in [1.165, 1.54) is 31.3 Å². The van der Waals surface area contributed by atoms with E-state index in [2.05, 4.69) is 16.9 Å². The molecule has 1 saturated heterocycles. The summed E-state index contributed by atoms with van der Waals surface area (Å²) in [5.41, 5.74) is 1.20. The van der Waals surface area contributed by atoms with Crippen LogP contribution < -0.4 is 14.4 Å². The molecule has 1 atom stereocenters. The van der Waals surface area contributed by atoms with Gasteiger partial charge in [-0.3, -0.25) is 24.3 Å². The van der Waals surface area contributed by atoms with E-state index in [0.717, 1.165) is 24.2 Å². The van der Waals surface area contributed by atoms with Gasteiger partial charge in [-0.1, -0.05) is 30.7 Å². The van der Waals surface area contributed by atoms with E-state index in [0.29, 0.717) is 39.8 Å². The van der Waals surface area contributed by atoms with Crippen molar-refractivity contribution in [1.82, 2.24) is 9.97 Å². The molecule has 0 aliphatic carbocycles. The molecule has 1 unspecified atom stereocenters. The van der Waals surface area contributed by atoms with Gasteiger partial charge in [0.25, 0.3) is 5.78 Å². The predicted octanol–water partition coefficient (Wildman–Crippen LogP) is 4.86. The molecule has 1 aliphatic heterocycles. The predicted molar refractivity (Wildman–Crippen MR) is 139 cm³/mol. The number of hydrogen-bond acceptors (Lipinski definition) is 9. The number of benzene rings is 1. The van der Waals surface area contributed by atoms with Crippen molar-refractivity contribution in [3.63, 3.8) is 0 Å². The number of ketones is 2. The molecule has 1 aliphatic rings. The molecule has 0 saturated carbocycles. The second-order valence-corrected chi connectivity index (χ2v) is 9.46. The summed E-state index contributed by atoms with van der Waals surface area (Å²) >= 11 is 1.03. The van der Waals surface area contributed by atoms with E-state index in [1.54, 1.807) is 37.3 Å². The Labute approximate surface area is 218 Å². The van der Waals surface area contributed by atoms with Gasteiger partial charge < -0.3 is 14.6 Å². The van der Waals surface area contributed by atoms with Gasteiger partial charge in [0.1, 0.15) is 5.76 Å². The lowest BCUT2D eigenvalue weighted by Gasteiger charge is -2.24. The lowest BCUT2D eigenvalue weighted by molar-refractivity contribution is -0.132. The molecule has 4 rings (SSSR count). The Hall–Kier alpha value is -4.05. The number of rotatable bonds is 9. The number of nitrogens with zero attached hydrogens (tertiary/aromatic N) is 3. The molecule has 1 N–H and O–H groups in total. The smallest absolute Gasteiger partial charge is 0.301 e. The standard InChI is InChI=1S/C27H27N3O6S/c1-5-6-13-36-19-8-7-18(14-20(19)35-4)22-21(23(32)17-9-11-28-12-10-17)24(33)26(34)30(22)27-29-15(2)25(37-27)16(3)31/h7-12,14,22,32H,5-6,13H2,1-4H3/b23-21+. The van der Waals surface area contributed by atoms with Gasteiger partial charge in [0.05, 0.1) is 35.9 Å². The lowest BCUT2D eigenvalue weighted by Crippen LogP contribution is -2.29. The highest BCUT2D eigenvalue weighted by Gasteiger charge is 2.48. The van der Waals surface area contributed by atoms with Crippen LogP contribution in [0.15, 0.2) is 48.3 Å². The van der Waals surface area contributed by atoms with Crippen molar-refractivity contribution in [3.05, 3.63) is 70.0 Å². The molecule has 1 aromatic carbocycles. The number of unbranched alkanes of at least 4 members (excludes halogenated alkanes) is 1. The van der Waals surface area contributed by atoms with Gasteiger partial charge in [0.2, 0.25) is 0 Å². The maximum absolute atomic E-state index is 13.4. The van der Waals surface area contributed by atoms with Crippen LogP contribution in [-0.2, 0) is 9.59 Å². The number of aromatic nitrogens is 2. The van der Waals surface area contributed by atoms with E-state index in [9.17, 15) is 19.5 Å². The second-order valence-electron chi connectivity index (χ2n) is 8.48. The number of carbonyl (C=O) groups is 3. The van der Waals surface area contributed by atoms with Crippen molar-refractivity contribution >= 4 is 39.7 Å². The molecule has 3 aromatic rings. The fourth-order valence-corrected chi connectivity index (χ4v) is 5.11. The topological polar surface area (TPSA) is 119 Å². The van der Waals surface area contributed by atoms with Crippen LogP contribution in [0.5, 0.6) is 11.5 Å². The maximum Gasteiger partial charge on any atom is 0.301 e. The highest BCUT2D eigenvalue weighted by molar-refractivity contribution is 7.18. The molecule has 3 heterocycles. The summed E-state index contributed by atoms with van der Waals surface area (Å²) in [7, 11) is 1.50. The molecule has 0 spiro atoms. The summed E-state index contributed by atoms with van der Waals surface area (Å²) in [6, 6.07) is 7.19. The quantitative estimate of drug-likeness (QED) is 0.139. The zero-order chi connectivity index (χ0) is 26.7. The molecule has 10 heteroatoms. The Morgan fingerprint density at radius 3 is 2.51 bits per heavy atom. The van der Waals surface area contributed by atoms with Crippen LogP contribution in [0.2, 0.25) is 0 Å². The first kappa shape index (κ1) is 26.0. The number of methoxy groups -OCH3 is 1. The molecular weight excluding hydrogens is 494 g/mol. The average molecular weight is 522 g/mol. The van der Waals surface area contributed by atoms with Crippen molar-refractivity contribution < 1.29 is 29.0 Å². The van der Waals surface area contributed by atoms with E-state index in [4.69, 9.17) is 9.47 Å².